The first-order chi connectivity index (χ1) is 17.0. The number of rotatable bonds is 6. The van der Waals surface area contributed by atoms with E-state index in [1.807, 2.05) is 36.4 Å². The number of H-pyrrole nitrogens is 1. The Morgan fingerprint density at radius 2 is 1.86 bits per heavy atom. The molecule has 2 heterocycles. The highest BCUT2D eigenvalue weighted by Crippen LogP contribution is 2.40. The van der Waals surface area contributed by atoms with Crippen LogP contribution in [0.5, 0.6) is 11.5 Å². The Morgan fingerprint density at radius 3 is 2.60 bits per heavy atom. The molecule has 1 aromatic heterocycles. The van der Waals surface area contributed by atoms with E-state index in [2.05, 4.69) is 27.0 Å². The van der Waals surface area contributed by atoms with E-state index in [1.165, 1.54) is 36.0 Å². The summed E-state index contributed by atoms with van der Waals surface area (Å²) in [5.41, 5.74) is 3.99. The summed E-state index contributed by atoms with van der Waals surface area (Å²) in [7, 11) is 0. The average molecular weight is 557 g/mol. The van der Waals surface area contributed by atoms with Crippen molar-refractivity contribution in [2.24, 2.45) is 0 Å². The molecule has 1 aliphatic heterocycles. The number of nitrogens with one attached hydrogen (secondary N) is 1. The summed E-state index contributed by atoms with van der Waals surface area (Å²) in [6.07, 6.45) is 0.159. The molecular weight excluding hydrogens is 535 g/mol. The van der Waals surface area contributed by atoms with Crippen molar-refractivity contribution in [3.8, 4) is 11.5 Å². The largest absolute Gasteiger partial charge is 0.483 e. The van der Waals surface area contributed by atoms with Gasteiger partial charge in [-0.15, -0.1) is 0 Å². The number of aromatic amines is 1. The Balaban J connectivity index is 1.51. The lowest BCUT2D eigenvalue weighted by atomic mass is 9.92. The second kappa shape index (κ2) is 10.3. The normalized spacial score (nSPS) is 15.2. The average Bonchev–Trinajstić information content (AvgIpc) is 3.23. The molecule has 9 heteroatoms. The fourth-order valence-corrected chi connectivity index (χ4v) is 5.01. The number of carbonyl (C=O) groups is 1. The Kier molecular flexibility index (Phi) is 6.99. The number of amides is 1. The van der Waals surface area contributed by atoms with Crippen LogP contribution in [0.4, 0.5) is 9.18 Å². The van der Waals surface area contributed by atoms with E-state index in [9.17, 15) is 9.18 Å². The molecule has 0 fully saturated rings. The topological polar surface area (TPSA) is 74.8 Å². The van der Waals surface area contributed by atoms with Crippen LogP contribution in [-0.2, 0) is 6.42 Å². The lowest BCUT2D eigenvalue weighted by Crippen LogP contribution is -2.42. The Hall–Kier alpha value is -3.01. The maximum absolute atomic E-state index is 13.3. The highest BCUT2D eigenvalue weighted by atomic mass is 79.9. The first-order valence-corrected chi connectivity index (χ1v) is 12.9. The van der Waals surface area contributed by atoms with Gasteiger partial charge in [0.25, 0.3) is 0 Å². The standard InChI is InChI=1S/C26H22BrFN2O4S/c27-17-3-10-23-22(13-17)21-11-12-30(26(32)34-20-8-4-18(28)5-9-20)25(24(21)29-23)16-1-6-19(7-2-16)33-15-35-14-31/h1-10,13,25,29,31H,11-12,14-15H2. The van der Waals surface area contributed by atoms with Crippen molar-refractivity contribution in [3.63, 3.8) is 0 Å². The van der Waals surface area contributed by atoms with E-state index in [-0.39, 0.29) is 11.7 Å². The summed E-state index contributed by atoms with van der Waals surface area (Å²) < 4.78 is 25.5. The van der Waals surface area contributed by atoms with Crippen molar-refractivity contribution in [3.05, 3.63) is 93.8 Å². The molecule has 0 saturated heterocycles. The first kappa shape index (κ1) is 23.7. The summed E-state index contributed by atoms with van der Waals surface area (Å²) in [6.45, 7) is 0.461. The van der Waals surface area contributed by atoms with Crippen LogP contribution in [-0.4, -0.2) is 39.5 Å². The van der Waals surface area contributed by atoms with Crippen molar-refractivity contribution in [2.75, 3.05) is 18.4 Å². The third kappa shape index (κ3) is 5.03. The summed E-state index contributed by atoms with van der Waals surface area (Å²) in [5, 5.41) is 10.1. The predicted octanol–water partition coefficient (Wildman–Crippen LogP) is 6.24. The van der Waals surface area contributed by atoms with E-state index in [0.29, 0.717) is 24.7 Å². The van der Waals surface area contributed by atoms with Crippen LogP contribution in [0.15, 0.2) is 71.2 Å². The van der Waals surface area contributed by atoms with Crippen LogP contribution in [0.1, 0.15) is 22.9 Å². The summed E-state index contributed by atoms with van der Waals surface area (Å²) >= 11 is 4.83. The zero-order valence-corrected chi connectivity index (χ0v) is 20.9. The van der Waals surface area contributed by atoms with Gasteiger partial charge in [0.15, 0.2) is 0 Å². The number of ether oxygens (including phenoxy) is 2. The number of carbonyl (C=O) groups excluding carboxylic acids is 1. The molecule has 3 aromatic carbocycles. The summed E-state index contributed by atoms with van der Waals surface area (Å²) in [4.78, 5) is 18.5. The zero-order chi connectivity index (χ0) is 24.4. The van der Waals surface area contributed by atoms with Crippen LogP contribution >= 0.6 is 27.7 Å². The number of halogens is 2. The lowest BCUT2D eigenvalue weighted by Gasteiger charge is -2.35. The SMILES string of the molecule is O=C(Oc1ccc(F)cc1)N1CCc2c([nH]c3ccc(Br)cc23)C1c1ccc(OCSCO)cc1. The summed E-state index contributed by atoms with van der Waals surface area (Å²) in [5.74, 6) is 0.897. The van der Waals surface area contributed by atoms with Crippen molar-refractivity contribution in [1.82, 2.24) is 9.88 Å². The molecule has 0 aliphatic carbocycles. The second-order valence-electron chi connectivity index (χ2n) is 8.04. The molecule has 2 N–H and O–H groups in total. The van der Waals surface area contributed by atoms with Crippen molar-refractivity contribution >= 4 is 44.7 Å². The number of aliphatic hydroxyl groups is 1. The van der Waals surface area contributed by atoms with Gasteiger partial charge < -0.3 is 19.6 Å². The fourth-order valence-electron chi connectivity index (χ4n) is 4.36. The van der Waals surface area contributed by atoms with Gasteiger partial charge in [-0.3, -0.25) is 4.90 Å². The number of aliphatic hydroxyl groups excluding tert-OH is 1. The number of hydrogen-bond acceptors (Lipinski definition) is 5. The van der Waals surface area contributed by atoms with Gasteiger partial charge in [0.05, 0.1) is 5.94 Å². The van der Waals surface area contributed by atoms with E-state index in [0.717, 1.165) is 32.2 Å². The molecule has 0 saturated carbocycles. The van der Waals surface area contributed by atoms with Crippen LogP contribution < -0.4 is 9.47 Å². The maximum atomic E-state index is 13.3. The molecule has 35 heavy (non-hydrogen) atoms. The molecule has 4 aromatic rings. The van der Waals surface area contributed by atoms with Crippen molar-refractivity contribution in [1.29, 1.82) is 0 Å². The third-order valence-corrected chi connectivity index (χ3v) is 6.90. The number of aromatic nitrogens is 1. The molecule has 6 nitrogen and oxygen atoms in total. The van der Waals surface area contributed by atoms with Gasteiger partial charge in [0.1, 0.15) is 29.3 Å². The van der Waals surface area contributed by atoms with Gasteiger partial charge in [-0.25, -0.2) is 9.18 Å². The van der Waals surface area contributed by atoms with Crippen LogP contribution in [0, 0.1) is 5.82 Å². The number of hydrogen-bond donors (Lipinski definition) is 2. The van der Waals surface area contributed by atoms with Crippen LogP contribution in [0.25, 0.3) is 10.9 Å². The molecule has 1 atom stereocenters. The Labute approximate surface area is 214 Å². The number of thioether (sulfide) groups is 1. The minimum Gasteiger partial charge on any atom is -0.483 e. The van der Waals surface area contributed by atoms with E-state index < -0.39 is 18.0 Å². The minimum absolute atomic E-state index is 0.00937. The molecule has 0 spiro atoms. The van der Waals surface area contributed by atoms with Gasteiger partial charge in [0.2, 0.25) is 0 Å². The quantitative estimate of drug-likeness (QED) is 0.217. The van der Waals surface area contributed by atoms with E-state index in [1.54, 1.807) is 4.90 Å². The highest BCUT2D eigenvalue weighted by molar-refractivity contribution is 9.10. The van der Waals surface area contributed by atoms with Crippen LogP contribution in [0.3, 0.4) is 0 Å². The Morgan fingerprint density at radius 1 is 1.11 bits per heavy atom. The number of fused-ring (bicyclic) bond motifs is 3. The predicted molar refractivity (Wildman–Crippen MR) is 137 cm³/mol. The van der Waals surface area contributed by atoms with Gasteiger partial charge >= 0.3 is 6.09 Å². The van der Waals surface area contributed by atoms with Gasteiger partial charge in [0, 0.05) is 27.6 Å². The lowest BCUT2D eigenvalue weighted by molar-refractivity contribution is 0.135. The molecule has 0 bridgehead atoms. The molecule has 1 aliphatic rings. The Bertz CT molecular complexity index is 1340. The molecule has 1 amide bonds. The first-order valence-electron chi connectivity index (χ1n) is 11.0. The van der Waals surface area contributed by atoms with Crippen LogP contribution in [0.2, 0.25) is 0 Å². The molecular formula is C26H22BrFN2O4S. The van der Waals surface area contributed by atoms with E-state index in [4.69, 9.17) is 14.6 Å². The molecule has 0 radical (unpaired) electrons. The maximum Gasteiger partial charge on any atom is 0.416 e. The van der Waals surface area contributed by atoms with E-state index >= 15 is 0 Å². The van der Waals surface area contributed by atoms with Crippen molar-refractivity contribution in [2.45, 2.75) is 12.5 Å². The number of benzene rings is 3. The monoisotopic (exact) mass is 556 g/mol. The smallest absolute Gasteiger partial charge is 0.416 e. The molecule has 1 unspecified atom stereocenters. The fraction of sp³-hybridized carbons (Fsp3) is 0.192. The zero-order valence-electron chi connectivity index (χ0n) is 18.5. The molecule has 5 rings (SSSR count). The molecule has 180 valence electrons. The van der Waals surface area contributed by atoms with Gasteiger partial charge in [-0.1, -0.05) is 39.8 Å². The highest BCUT2D eigenvalue weighted by Gasteiger charge is 2.35. The summed E-state index contributed by atoms with van der Waals surface area (Å²) in [6, 6.07) is 18.6. The van der Waals surface area contributed by atoms with Gasteiger partial charge in [-0.2, -0.15) is 0 Å². The second-order valence-corrected chi connectivity index (χ2v) is 9.86. The number of nitrogens with zero attached hydrogens (tertiary/aromatic N) is 1. The third-order valence-electron chi connectivity index (χ3n) is 5.94. The minimum atomic E-state index is -0.508. The van der Waals surface area contributed by atoms with Gasteiger partial charge in [-0.05, 0) is 72.1 Å². The van der Waals surface area contributed by atoms with Crippen molar-refractivity contribution < 1.29 is 23.8 Å².